The lowest BCUT2D eigenvalue weighted by molar-refractivity contribution is 0.212. The third-order valence-corrected chi connectivity index (χ3v) is 5.50. The van der Waals surface area contributed by atoms with Crippen LogP contribution in [-0.4, -0.2) is 49.4 Å². The van der Waals surface area contributed by atoms with Gasteiger partial charge in [0.05, 0.1) is 17.2 Å². The number of amidine groups is 1. The fourth-order valence-electron chi connectivity index (χ4n) is 2.96. The van der Waals surface area contributed by atoms with Crippen LogP contribution < -0.4 is 20.5 Å². The number of benzene rings is 1. The van der Waals surface area contributed by atoms with Crippen LogP contribution in [0.1, 0.15) is 30.5 Å². The Morgan fingerprint density at radius 1 is 1.06 bits per heavy atom. The Bertz CT molecular complexity index is 1130. The van der Waals surface area contributed by atoms with Crippen LogP contribution in [0.15, 0.2) is 46.8 Å². The zero-order valence-corrected chi connectivity index (χ0v) is 22.4. The van der Waals surface area contributed by atoms with Gasteiger partial charge in [0.1, 0.15) is 25.9 Å². The van der Waals surface area contributed by atoms with Gasteiger partial charge in [0.2, 0.25) is 0 Å². The molecule has 0 atom stereocenters. The second kappa shape index (κ2) is 15.8. The first-order valence-electron chi connectivity index (χ1n) is 11.3. The lowest BCUT2D eigenvalue weighted by Crippen LogP contribution is -2.05. The molecule has 1 aromatic heterocycles. The minimum atomic E-state index is 0.185. The Morgan fingerprint density at radius 3 is 2.56 bits per heavy atom. The highest BCUT2D eigenvalue weighted by atomic mass is 35.5. The Hall–Kier alpha value is -3.14. The van der Waals surface area contributed by atoms with E-state index in [1.54, 1.807) is 31.5 Å². The van der Waals surface area contributed by atoms with Crippen molar-refractivity contribution in [3.05, 3.63) is 58.0 Å². The van der Waals surface area contributed by atoms with Crippen molar-refractivity contribution < 1.29 is 14.3 Å². The highest BCUT2D eigenvalue weighted by Crippen LogP contribution is 2.29. The summed E-state index contributed by atoms with van der Waals surface area (Å²) in [5.74, 6) is 2.11. The van der Waals surface area contributed by atoms with Gasteiger partial charge in [-0.3, -0.25) is 0 Å². The highest BCUT2D eigenvalue weighted by molar-refractivity contribution is 6.42. The zero-order chi connectivity index (χ0) is 26.3. The molecule has 0 unspecified atom stereocenters. The normalized spacial score (nSPS) is 11.2. The standard InChI is InChI=1S/C25H32Cl2N6O3/c1-17-13-22(34-3)23(36-12-11-29-24(33-35-4)7-5-6-10-28)14-18(2)30-16-31-25(17)32-19-8-9-20(26)21(27)15-19/h8-9,11,13-16H,5-7,10,12,28H2,1-4H3,(H,30,31,32)/b29-11?,33-24-. The first kappa shape index (κ1) is 29.1. The predicted molar refractivity (Wildman–Crippen MR) is 147 cm³/mol. The van der Waals surface area contributed by atoms with Gasteiger partial charge in [-0.15, -0.1) is 0 Å². The number of halogens is 2. The van der Waals surface area contributed by atoms with Crippen molar-refractivity contribution in [3.8, 4) is 11.5 Å². The number of ether oxygens (including phenoxy) is 2. The number of hydrogen-bond acceptors (Lipinski definition) is 8. The minimum Gasteiger partial charge on any atom is -0.493 e. The van der Waals surface area contributed by atoms with Crippen molar-refractivity contribution in [2.75, 3.05) is 32.7 Å². The number of nitrogens with one attached hydrogen (secondary N) is 1. The molecule has 11 heteroatoms. The van der Waals surface area contributed by atoms with E-state index in [2.05, 4.69) is 25.4 Å². The number of hydrogen-bond donors (Lipinski definition) is 2. The summed E-state index contributed by atoms with van der Waals surface area (Å²) < 4.78 is 11.6. The van der Waals surface area contributed by atoms with Crippen molar-refractivity contribution >= 4 is 46.8 Å². The van der Waals surface area contributed by atoms with Crippen molar-refractivity contribution in [2.24, 2.45) is 15.9 Å². The molecule has 0 aliphatic rings. The third kappa shape index (κ3) is 9.85. The van der Waals surface area contributed by atoms with Crippen LogP contribution in [0.5, 0.6) is 11.5 Å². The quantitative estimate of drug-likeness (QED) is 0.161. The van der Waals surface area contributed by atoms with E-state index in [0.717, 1.165) is 24.1 Å². The summed E-state index contributed by atoms with van der Waals surface area (Å²) in [6.07, 6.45) is 5.52. The van der Waals surface area contributed by atoms with Gasteiger partial charge >= 0.3 is 0 Å². The molecule has 194 valence electrons. The smallest absolute Gasteiger partial charge is 0.167 e. The van der Waals surface area contributed by atoms with Crippen LogP contribution in [0, 0.1) is 13.8 Å². The lowest BCUT2D eigenvalue weighted by atomic mass is 10.2. The van der Waals surface area contributed by atoms with E-state index in [9.17, 15) is 0 Å². The maximum absolute atomic E-state index is 6.15. The topological polar surface area (TPSA) is 116 Å². The van der Waals surface area contributed by atoms with E-state index in [1.807, 2.05) is 26.0 Å². The van der Waals surface area contributed by atoms with Crippen LogP contribution in [0.2, 0.25) is 10.0 Å². The molecular weight excluding hydrogens is 503 g/mol. The number of unbranched alkanes of at least 4 members (excludes halogenated alkanes) is 1. The van der Waals surface area contributed by atoms with Crippen LogP contribution in [0.4, 0.5) is 11.5 Å². The fraction of sp³-hybridized carbons (Fsp3) is 0.360. The number of nitrogens with zero attached hydrogens (tertiary/aromatic N) is 4. The summed E-state index contributed by atoms with van der Waals surface area (Å²) in [5, 5.41) is 8.09. The molecule has 0 radical (unpaired) electrons. The minimum absolute atomic E-state index is 0.185. The Balaban J connectivity index is 2.33. The number of methoxy groups -OCH3 is 1. The molecule has 2 aromatic rings. The lowest BCUT2D eigenvalue weighted by Gasteiger charge is -2.11. The average Bonchev–Trinajstić information content (AvgIpc) is 2.85. The van der Waals surface area contributed by atoms with Crippen LogP contribution in [0.3, 0.4) is 0 Å². The second-order valence-electron chi connectivity index (χ2n) is 7.58. The molecule has 0 aliphatic heterocycles. The molecule has 3 N–H and O–H groups in total. The molecule has 0 saturated heterocycles. The predicted octanol–water partition coefficient (Wildman–Crippen LogP) is 5.82. The third-order valence-electron chi connectivity index (χ3n) is 4.76. The molecule has 2 rings (SSSR count). The molecule has 0 bridgehead atoms. The number of aryl methyl sites for hydroxylation is 2. The number of anilines is 2. The summed E-state index contributed by atoms with van der Waals surface area (Å²) in [7, 11) is 3.06. The van der Waals surface area contributed by atoms with Crippen molar-refractivity contribution in [3.63, 3.8) is 0 Å². The average molecular weight is 535 g/mol. The van der Waals surface area contributed by atoms with E-state index in [4.69, 9.17) is 43.2 Å². The second-order valence-corrected chi connectivity index (χ2v) is 8.39. The van der Waals surface area contributed by atoms with Gasteiger partial charge in [0.15, 0.2) is 17.3 Å². The first-order valence-corrected chi connectivity index (χ1v) is 12.1. The zero-order valence-electron chi connectivity index (χ0n) is 20.9. The van der Waals surface area contributed by atoms with Gasteiger partial charge in [0, 0.05) is 30.1 Å². The van der Waals surface area contributed by atoms with E-state index in [-0.39, 0.29) is 6.61 Å². The monoisotopic (exact) mass is 534 g/mol. The maximum Gasteiger partial charge on any atom is 0.167 e. The molecule has 0 amide bonds. The molecule has 0 aliphatic carbocycles. The largest absolute Gasteiger partial charge is 0.493 e. The molecule has 0 spiro atoms. The van der Waals surface area contributed by atoms with Gasteiger partial charge < -0.3 is 25.4 Å². The highest BCUT2D eigenvalue weighted by Gasteiger charge is 2.07. The molecule has 0 saturated carbocycles. The molecule has 36 heavy (non-hydrogen) atoms. The summed E-state index contributed by atoms with van der Waals surface area (Å²) >= 11 is 12.2. The van der Waals surface area contributed by atoms with Gasteiger partial charge in [-0.25, -0.2) is 15.0 Å². The molecular formula is C25H32Cl2N6O3. The Kier molecular flexibility index (Phi) is 12.7. The molecule has 0 fully saturated rings. The number of rotatable bonds is 11. The number of oxime groups is 1. The van der Waals surface area contributed by atoms with Crippen LogP contribution in [-0.2, 0) is 4.84 Å². The SMILES string of the molecule is CO/N=C(/CCCCN)N=CCOc1cc(C)ncnc(Nc2ccc(Cl)c(Cl)c2)c(C)cc1OC. The van der Waals surface area contributed by atoms with Crippen molar-refractivity contribution in [2.45, 2.75) is 33.1 Å². The van der Waals surface area contributed by atoms with E-state index >= 15 is 0 Å². The van der Waals surface area contributed by atoms with Gasteiger partial charge in [-0.2, -0.15) is 0 Å². The first-order chi connectivity index (χ1) is 17.4. The van der Waals surface area contributed by atoms with Crippen molar-refractivity contribution in [1.82, 2.24) is 9.97 Å². The Morgan fingerprint density at radius 2 is 1.86 bits per heavy atom. The maximum atomic E-state index is 6.15. The molecule has 1 aromatic carbocycles. The summed E-state index contributed by atoms with van der Waals surface area (Å²) in [4.78, 5) is 18.1. The molecule has 1 heterocycles. The van der Waals surface area contributed by atoms with E-state index in [1.165, 1.54) is 13.4 Å². The Labute approximate surface area is 222 Å². The van der Waals surface area contributed by atoms with Crippen molar-refractivity contribution in [1.29, 1.82) is 0 Å². The number of nitrogens with two attached hydrogens (primary N) is 1. The molecule has 9 nitrogen and oxygen atoms in total. The number of aliphatic imine (C=N–C) groups is 1. The van der Waals surface area contributed by atoms with Gasteiger partial charge in [0.25, 0.3) is 0 Å². The summed E-state index contributed by atoms with van der Waals surface area (Å²) in [6.45, 7) is 4.53. The van der Waals surface area contributed by atoms with E-state index in [0.29, 0.717) is 51.9 Å². The number of aromatic nitrogens is 2. The van der Waals surface area contributed by atoms with Gasteiger partial charge in [-0.05, 0) is 63.1 Å². The van der Waals surface area contributed by atoms with E-state index < -0.39 is 0 Å². The van der Waals surface area contributed by atoms with Crippen LogP contribution >= 0.6 is 23.2 Å². The fourth-order valence-corrected chi connectivity index (χ4v) is 3.26. The summed E-state index contributed by atoms with van der Waals surface area (Å²) in [6, 6.07) is 8.83. The summed E-state index contributed by atoms with van der Waals surface area (Å²) in [5.41, 5.74) is 7.73. The van der Waals surface area contributed by atoms with Gasteiger partial charge in [-0.1, -0.05) is 28.4 Å². The van der Waals surface area contributed by atoms with Crippen LogP contribution in [0.25, 0.3) is 0 Å².